The third kappa shape index (κ3) is 3.77. The van der Waals surface area contributed by atoms with Crippen molar-refractivity contribution in [2.75, 3.05) is 26.1 Å². The summed E-state index contributed by atoms with van der Waals surface area (Å²) in [5.41, 5.74) is 4.54. The van der Waals surface area contributed by atoms with Gasteiger partial charge in [-0.1, -0.05) is 6.92 Å². The van der Waals surface area contributed by atoms with Gasteiger partial charge in [0.25, 0.3) is 5.56 Å². The Balaban J connectivity index is 1.90. The SMILES string of the molecule is CC[C@]1(OC(C)n2cnc3c(=O)[nH]c(N)nc32)COCC1OP(=O)(O)OC. The zero-order chi connectivity index (χ0) is 19.8. The zero-order valence-electron chi connectivity index (χ0n) is 15.1. The number of nitrogens with one attached hydrogen (secondary N) is 1. The van der Waals surface area contributed by atoms with Gasteiger partial charge in [0.15, 0.2) is 11.2 Å². The molecule has 1 saturated heterocycles. The van der Waals surface area contributed by atoms with E-state index in [1.54, 1.807) is 11.5 Å². The number of ether oxygens (including phenoxy) is 2. The number of H-pyrrole nitrogens is 1. The molecule has 2 aromatic heterocycles. The largest absolute Gasteiger partial charge is 0.472 e. The first kappa shape index (κ1) is 19.9. The van der Waals surface area contributed by atoms with Crippen LogP contribution in [0.4, 0.5) is 5.95 Å². The van der Waals surface area contributed by atoms with Crippen molar-refractivity contribution in [3.8, 4) is 0 Å². The van der Waals surface area contributed by atoms with Crippen LogP contribution >= 0.6 is 7.82 Å². The van der Waals surface area contributed by atoms with Crippen molar-refractivity contribution in [2.45, 2.75) is 38.2 Å². The molecule has 3 rings (SSSR count). The molecule has 0 saturated carbocycles. The Labute approximate surface area is 154 Å². The number of anilines is 1. The van der Waals surface area contributed by atoms with Crippen molar-refractivity contribution in [3.63, 3.8) is 0 Å². The second-order valence-corrected chi connectivity index (χ2v) is 7.68. The number of nitrogen functional groups attached to an aromatic ring is 1. The van der Waals surface area contributed by atoms with Crippen LogP contribution in [-0.2, 0) is 23.1 Å². The normalized spacial score (nSPS) is 26.3. The number of phosphoric acid groups is 1. The van der Waals surface area contributed by atoms with Gasteiger partial charge in [0.1, 0.15) is 17.9 Å². The lowest BCUT2D eigenvalue weighted by Crippen LogP contribution is -2.46. The Bertz CT molecular complexity index is 930. The molecule has 0 aromatic carbocycles. The highest BCUT2D eigenvalue weighted by atomic mass is 31.2. The molecule has 0 radical (unpaired) electrons. The van der Waals surface area contributed by atoms with E-state index in [1.807, 2.05) is 6.92 Å². The molecule has 12 nitrogen and oxygen atoms in total. The first-order valence-electron chi connectivity index (χ1n) is 8.26. The van der Waals surface area contributed by atoms with Crippen LogP contribution < -0.4 is 11.3 Å². The van der Waals surface area contributed by atoms with E-state index in [2.05, 4.69) is 19.5 Å². The molecule has 3 heterocycles. The fourth-order valence-electron chi connectivity index (χ4n) is 3.04. The smallest absolute Gasteiger partial charge is 0.376 e. The zero-order valence-corrected chi connectivity index (χ0v) is 16.0. The molecular weight excluding hydrogens is 381 g/mol. The number of hydrogen-bond donors (Lipinski definition) is 3. The van der Waals surface area contributed by atoms with Crippen LogP contribution in [0.1, 0.15) is 26.5 Å². The van der Waals surface area contributed by atoms with Crippen molar-refractivity contribution < 1.29 is 28.0 Å². The summed E-state index contributed by atoms with van der Waals surface area (Å²) >= 11 is 0. The van der Waals surface area contributed by atoms with Crippen LogP contribution in [0.15, 0.2) is 11.1 Å². The van der Waals surface area contributed by atoms with E-state index in [0.29, 0.717) is 6.42 Å². The molecule has 4 N–H and O–H groups in total. The Morgan fingerprint density at radius 1 is 1.63 bits per heavy atom. The minimum Gasteiger partial charge on any atom is -0.376 e. The molecule has 3 unspecified atom stereocenters. The Morgan fingerprint density at radius 3 is 3.04 bits per heavy atom. The van der Waals surface area contributed by atoms with E-state index in [4.69, 9.17) is 19.7 Å². The predicted octanol–water partition coefficient (Wildman–Crippen LogP) is 0.548. The summed E-state index contributed by atoms with van der Waals surface area (Å²) in [7, 11) is -3.14. The number of fused-ring (bicyclic) bond motifs is 1. The maximum atomic E-state index is 11.9. The van der Waals surface area contributed by atoms with Crippen LogP contribution in [0, 0.1) is 0 Å². The average Bonchev–Trinajstić information content (AvgIpc) is 3.19. The van der Waals surface area contributed by atoms with Crippen molar-refractivity contribution >= 4 is 24.9 Å². The summed E-state index contributed by atoms with van der Waals surface area (Å²) in [6.07, 6.45) is 0.390. The maximum absolute atomic E-state index is 11.9. The molecule has 0 amide bonds. The first-order chi connectivity index (χ1) is 12.7. The van der Waals surface area contributed by atoms with E-state index >= 15 is 0 Å². The number of aromatic nitrogens is 4. The highest BCUT2D eigenvalue weighted by Gasteiger charge is 2.49. The monoisotopic (exact) mass is 403 g/mol. The van der Waals surface area contributed by atoms with Gasteiger partial charge in [0, 0.05) is 7.11 Å². The van der Waals surface area contributed by atoms with Gasteiger partial charge in [0.2, 0.25) is 5.95 Å². The van der Waals surface area contributed by atoms with E-state index in [1.165, 1.54) is 6.33 Å². The number of nitrogens with zero attached hydrogens (tertiary/aromatic N) is 3. The van der Waals surface area contributed by atoms with Crippen LogP contribution in [0.25, 0.3) is 11.2 Å². The number of rotatable bonds is 7. The lowest BCUT2D eigenvalue weighted by molar-refractivity contribution is -0.153. The van der Waals surface area contributed by atoms with Gasteiger partial charge in [0.05, 0.1) is 19.5 Å². The third-order valence-electron chi connectivity index (χ3n) is 4.54. The number of hydrogen-bond acceptors (Lipinski definition) is 9. The van der Waals surface area contributed by atoms with Gasteiger partial charge in [-0.3, -0.25) is 23.4 Å². The van der Waals surface area contributed by atoms with Crippen molar-refractivity contribution in [3.05, 3.63) is 16.7 Å². The Kier molecular flexibility index (Phi) is 5.39. The van der Waals surface area contributed by atoms with Gasteiger partial charge in [-0.2, -0.15) is 4.98 Å². The molecule has 27 heavy (non-hydrogen) atoms. The minimum absolute atomic E-state index is 0.0432. The Hall–Kier alpha value is -1.82. The van der Waals surface area contributed by atoms with Crippen LogP contribution in [0.2, 0.25) is 0 Å². The summed E-state index contributed by atoms with van der Waals surface area (Å²) in [5.74, 6) is -0.0432. The average molecular weight is 403 g/mol. The number of nitrogens with two attached hydrogens (primary N) is 1. The van der Waals surface area contributed by atoms with Crippen LogP contribution in [0.3, 0.4) is 0 Å². The van der Waals surface area contributed by atoms with Crippen LogP contribution in [0.5, 0.6) is 0 Å². The van der Waals surface area contributed by atoms with E-state index < -0.39 is 31.3 Å². The molecule has 0 bridgehead atoms. The van der Waals surface area contributed by atoms with Crippen LogP contribution in [-0.4, -0.2) is 56.4 Å². The number of phosphoric ester groups is 1. The molecule has 1 fully saturated rings. The van der Waals surface area contributed by atoms with Gasteiger partial charge in [-0.15, -0.1) is 0 Å². The quantitative estimate of drug-likeness (QED) is 0.556. The lowest BCUT2D eigenvalue weighted by Gasteiger charge is -2.35. The molecule has 0 aliphatic carbocycles. The van der Waals surface area contributed by atoms with Crippen molar-refractivity contribution in [2.24, 2.45) is 0 Å². The minimum atomic E-state index is -4.22. The lowest BCUT2D eigenvalue weighted by atomic mass is 9.97. The van der Waals surface area contributed by atoms with E-state index in [-0.39, 0.29) is 30.3 Å². The van der Waals surface area contributed by atoms with Gasteiger partial charge >= 0.3 is 7.82 Å². The number of imidazole rings is 1. The summed E-state index contributed by atoms with van der Waals surface area (Å²) in [6.45, 7) is 3.80. The molecule has 0 spiro atoms. The van der Waals surface area contributed by atoms with Gasteiger partial charge in [-0.25, -0.2) is 9.55 Å². The maximum Gasteiger partial charge on any atom is 0.472 e. The van der Waals surface area contributed by atoms with E-state index in [0.717, 1.165) is 7.11 Å². The predicted molar refractivity (Wildman–Crippen MR) is 93.9 cm³/mol. The molecule has 150 valence electrons. The highest BCUT2D eigenvalue weighted by molar-refractivity contribution is 7.47. The summed E-state index contributed by atoms with van der Waals surface area (Å²) in [4.78, 5) is 32.1. The molecule has 1 aliphatic rings. The second-order valence-electron chi connectivity index (χ2n) is 6.17. The summed E-state index contributed by atoms with van der Waals surface area (Å²) in [5, 5.41) is 0. The molecule has 13 heteroatoms. The molecule has 2 aromatic rings. The van der Waals surface area contributed by atoms with E-state index in [9.17, 15) is 14.3 Å². The fraction of sp³-hybridized carbons (Fsp3) is 0.643. The highest BCUT2D eigenvalue weighted by Crippen LogP contribution is 2.48. The standard InChI is InChI=1S/C14H22N5O7P/c1-4-14(6-24-5-9(14)26-27(21,22)23-3)25-8(2)19-7-16-10-11(19)17-13(15)18-12(10)20/h7-9H,4-6H2,1-3H3,(H,21,22)(H3,15,17,18,20)/t8?,9?,14-/m0/s1. The topological polar surface area (TPSA) is 164 Å². The second kappa shape index (κ2) is 7.30. The Morgan fingerprint density at radius 2 is 2.37 bits per heavy atom. The van der Waals surface area contributed by atoms with Gasteiger partial charge < -0.3 is 20.1 Å². The third-order valence-corrected chi connectivity index (χ3v) is 5.52. The molecule has 4 atom stereocenters. The fourth-order valence-corrected chi connectivity index (χ4v) is 3.70. The molecule has 1 aliphatic heterocycles. The van der Waals surface area contributed by atoms with Crippen molar-refractivity contribution in [1.29, 1.82) is 0 Å². The summed E-state index contributed by atoms with van der Waals surface area (Å²) < 4.78 is 34.7. The molecular formula is C14H22N5O7P. The number of aromatic amines is 1. The van der Waals surface area contributed by atoms with Crippen molar-refractivity contribution in [1.82, 2.24) is 19.5 Å². The first-order valence-corrected chi connectivity index (χ1v) is 9.75. The van der Waals surface area contributed by atoms with Gasteiger partial charge in [-0.05, 0) is 13.3 Å². The summed E-state index contributed by atoms with van der Waals surface area (Å²) in [6, 6.07) is 0.